The molecule has 0 saturated heterocycles. The second kappa shape index (κ2) is 7.29. The number of hydrogen-bond donors (Lipinski definition) is 1. The van der Waals surface area contributed by atoms with Crippen LogP contribution in [0.4, 0.5) is 0 Å². The summed E-state index contributed by atoms with van der Waals surface area (Å²) in [6.45, 7) is 0. The van der Waals surface area contributed by atoms with Crippen LogP contribution in [-0.4, -0.2) is 11.9 Å². The van der Waals surface area contributed by atoms with Gasteiger partial charge in [-0.1, -0.05) is 59.6 Å². The van der Waals surface area contributed by atoms with Gasteiger partial charge >= 0.3 is 5.97 Å². The van der Waals surface area contributed by atoms with Crippen molar-refractivity contribution in [1.29, 1.82) is 0 Å². The lowest BCUT2D eigenvalue weighted by molar-refractivity contribution is -0.154. The van der Waals surface area contributed by atoms with Crippen LogP contribution in [0.5, 0.6) is 0 Å². The number of carbonyl (C=O) groups excluding carboxylic acids is 2. The molecule has 0 aliphatic heterocycles. The SMILES string of the molecule is NC(=O)C(OC(=O)Cc1ccc(Cl)cc1Cl)c1ccccc1. The minimum absolute atomic E-state index is 0.0768. The number of primary amides is 1. The number of esters is 1. The molecule has 0 radical (unpaired) electrons. The third-order valence-electron chi connectivity index (χ3n) is 2.96. The van der Waals surface area contributed by atoms with Crippen LogP contribution in [0.15, 0.2) is 48.5 Å². The molecule has 0 heterocycles. The van der Waals surface area contributed by atoms with E-state index >= 15 is 0 Å². The first-order valence-corrected chi connectivity index (χ1v) is 7.20. The van der Waals surface area contributed by atoms with Gasteiger partial charge in [0, 0.05) is 15.6 Å². The zero-order valence-corrected chi connectivity index (χ0v) is 13.0. The van der Waals surface area contributed by atoms with Gasteiger partial charge < -0.3 is 10.5 Å². The van der Waals surface area contributed by atoms with Crippen LogP contribution in [0.2, 0.25) is 10.0 Å². The van der Waals surface area contributed by atoms with Gasteiger partial charge in [-0.2, -0.15) is 0 Å². The summed E-state index contributed by atoms with van der Waals surface area (Å²) in [6, 6.07) is 13.4. The summed E-state index contributed by atoms with van der Waals surface area (Å²) >= 11 is 11.8. The van der Waals surface area contributed by atoms with Crippen molar-refractivity contribution in [2.75, 3.05) is 0 Å². The molecule has 2 aromatic rings. The molecule has 2 N–H and O–H groups in total. The van der Waals surface area contributed by atoms with Crippen molar-refractivity contribution in [3.63, 3.8) is 0 Å². The van der Waals surface area contributed by atoms with E-state index in [-0.39, 0.29) is 6.42 Å². The average molecular weight is 338 g/mol. The lowest BCUT2D eigenvalue weighted by atomic mass is 10.1. The van der Waals surface area contributed by atoms with E-state index in [0.717, 1.165) is 0 Å². The van der Waals surface area contributed by atoms with E-state index in [0.29, 0.717) is 21.2 Å². The Kier molecular flexibility index (Phi) is 5.41. The summed E-state index contributed by atoms with van der Waals surface area (Å²) in [4.78, 5) is 23.5. The molecule has 0 aliphatic carbocycles. The quantitative estimate of drug-likeness (QED) is 0.851. The molecule has 114 valence electrons. The van der Waals surface area contributed by atoms with Gasteiger partial charge in [0.2, 0.25) is 6.10 Å². The smallest absolute Gasteiger partial charge is 0.311 e. The normalized spacial score (nSPS) is 11.7. The molecule has 2 aromatic carbocycles. The molecule has 6 heteroatoms. The number of hydrogen-bond acceptors (Lipinski definition) is 3. The lowest BCUT2D eigenvalue weighted by Crippen LogP contribution is -2.26. The molecule has 0 saturated carbocycles. The molecule has 1 atom stereocenters. The fourth-order valence-corrected chi connectivity index (χ4v) is 2.39. The zero-order chi connectivity index (χ0) is 16.1. The van der Waals surface area contributed by atoms with Crippen molar-refractivity contribution in [3.05, 3.63) is 69.7 Å². The molecule has 0 fully saturated rings. The van der Waals surface area contributed by atoms with Crippen molar-refractivity contribution in [2.45, 2.75) is 12.5 Å². The summed E-state index contributed by atoms with van der Waals surface area (Å²) in [7, 11) is 0. The molecular weight excluding hydrogens is 325 g/mol. The fourth-order valence-electron chi connectivity index (χ4n) is 1.91. The Balaban J connectivity index is 2.10. The summed E-state index contributed by atoms with van der Waals surface area (Å²) in [5.41, 5.74) is 6.38. The standard InChI is InChI=1S/C16H13Cl2NO3/c17-12-7-6-11(13(18)9-12)8-14(20)22-15(16(19)21)10-4-2-1-3-5-10/h1-7,9,15H,8H2,(H2,19,21). The molecule has 1 unspecified atom stereocenters. The summed E-state index contributed by atoms with van der Waals surface area (Å²) < 4.78 is 5.18. The number of halogens is 2. The second-order valence-corrected chi connectivity index (χ2v) is 5.44. The zero-order valence-electron chi connectivity index (χ0n) is 11.5. The predicted molar refractivity (Wildman–Crippen MR) is 84.6 cm³/mol. The Bertz CT molecular complexity index is 689. The highest BCUT2D eigenvalue weighted by molar-refractivity contribution is 6.35. The number of nitrogens with two attached hydrogens (primary N) is 1. The maximum Gasteiger partial charge on any atom is 0.311 e. The van der Waals surface area contributed by atoms with Crippen LogP contribution < -0.4 is 5.73 Å². The van der Waals surface area contributed by atoms with Gasteiger partial charge in [0.05, 0.1) is 6.42 Å². The highest BCUT2D eigenvalue weighted by Gasteiger charge is 2.22. The summed E-state index contributed by atoms with van der Waals surface area (Å²) in [6.07, 6.45) is -1.20. The molecule has 0 aromatic heterocycles. The third kappa shape index (κ3) is 4.23. The molecule has 2 rings (SSSR count). The molecular formula is C16H13Cl2NO3. The number of benzene rings is 2. The first kappa shape index (κ1) is 16.3. The number of amides is 1. The van der Waals surface area contributed by atoms with E-state index in [1.54, 1.807) is 42.5 Å². The van der Waals surface area contributed by atoms with Crippen molar-refractivity contribution >= 4 is 35.1 Å². The van der Waals surface area contributed by atoms with E-state index < -0.39 is 18.0 Å². The van der Waals surface area contributed by atoms with Crippen molar-refractivity contribution in [3.8, 4) is 0 Å². The highest BCUT2D eigenvalue weighted by Crippen LogP contribution is 2.23. The van der Waals surface area contributed by atoms with Crippen LogP contribution in [0.3, 0.4) is 0 Å². The number of carbonyl (C=O) groups is 2. The van der Waals surface area contributed by atoms with Crippen molar-refractivity contribution in [1.82, 2.24) is 0 Å². The predicted octanol–water partition coefficient (Wildman–Crippen LogP) is 3.31. The summed E-state index contributed by atoms with van der Waals surface area (Å²) in [5, 5.41) is 0.834. The minimum atomic E-state index is -1.13. The Morgan fingerprint density at radius 3 is 2.36 bits per heavy atom. The van der Waals surface area contributed by atoms with Gasteiger partial charge in [0.25, 0.3) is 5.91 Å². The van der Waals surface area contributed by atoms with Crippen molar-refractivity contribution in [2.24, 2.45) is 5.73 Å². The van der Waals surface area contributed by atoms with Gasteiger partial charge in [0.1, 0.15) is 0 Å². The van der Waals surface area contributed by atoms with E-state index in [9.17, 15) is 9.59 Å². The Hall–Kier alpha value is -2.04. The molecule has 0 bridgehead atoms. The Morgan fingerprint density at radius 1 is 1.09 bits per heavy atom. The van der Waals surface area contributed by atoms with Crippen LogP contribution >= 0.6 is 23.2 Å². The van der Waals surface area contributed by atoms with E-state index in [2.05, 4.69) is 0 Å². The molecule has 4 nitrogen and oxygen atoms in total. The van der Waals surface area contributed by atoms with Crippen LogP contribution in [-0.2, 0) is 20.7 Å². The van der Waals surface area contributed by atoms with Gasteiger partial charge in [-0.05, 0) is 17.7 Å². The van der Waals surface area contributed by atoms with E-state index in [1.807, 2.05) is 0 Å². The maximum atomic E-state index is 12.0. The average Bonchev–Trinajstić information content (AvgIpc) is 2.48. The fraction of sp³-hybridized carbons (Fsp3) is 0.125. The van der Waals surface area contributed by atoms with Gasteiger partial charge in [-0.15, -0.1) is 0 Å². The highest BCUT2D eigenvalue weighted by atomic mass is 35.5. The minimum Gasteiger partial charge on any atom is -0.447 e. The first-order chi connectivity index (χ1) is 10.5. The molecule has 1 amide bonds. The van der Waals surface area contributed by atoms with E-state index in [4.69, 9.17) is 33.7 Å². The Morgan fingerprint density at radius 2 is 1.77 bits per heavy atom. The molecule has 0 spiro atoms. The monoisotopic (exact) mass is 337 g/mol. The first-order valence-electron chi connectivity index (χ1n) is 6.45. The molecule has 0 aliphatic rings. The Labute approximate surface area is 137 Å². The van der Waals surface area contributed by atoms with Gasteiger partial charge in [0.15, 0.2) is 0 Å². The molecule has 22 heavy (non-hydrogen) atoms. The second-order valence-electron chi connectivity index (χ2n) is 4.60. The van der Waals surface area contributed by atoms with Crippen LogP contribution in [0.1, 0.15) is 17.2 Å². The number of rotatable bonds is 5. The maximum absolute atomic E-state index is 12.0. The van der Waals surface area contributed by atoms with E-state index in [1.165, 1.54) is 6.07 Å². The van der Waals surface area contributed by atoms with Crippen LogP contribution in [0.25, 0.3) is 0 Å². The summed E-state index contributed by atoms with van der Waals surface area (Å²) in [5.74, 6) is -1.33. The number of ether oxygens (including phenoxy) is 1. The van der Waals surface area contributed by atoms with Gasteiger partial charge in [-0.3, -0.25) is 9.59 Å². The lowest BCUT2D eigenvalue weighted by Gasteiger charge is -2.15. The van der Waals surface area contributed by atoms with Gasteiger partial charge in [-0.25, -0.2) is 0 Å². The van der Waals surface area contributed by atoms with Crippen LogP contribution in [0, 0.1) is 0 Å². The largest absolute Gasteiger partial charge is 0.447 e. The third-order valence-corrected chi connectivity index (χ3v) is 3.55. The van der Waals surface area contributed by atoms with Crippen molar-refractivity contribution < 1.29 is 14.3 Å². The topological polar surface area (TPSA) is 69.4 Å².